The molecule has 1 saturated heterocycles. The molecule has 0 N–H and O–H groups in total. The third-order valence-electron chi connectivity index (χ3n) is 3.39. The van der Waals surface area contributed by atoms with Crippen LogP contribution in [-0.4, -0.2) is 37.0 Å². The first-order valence-electron chi connectivity index (χ1n) is 6.84. The van der Waals surface area contributed by atoms with Gasteiger partial charge in [-0.2, -0.15) is 0 Å². The molecule has 19 heavy (non-hydrogen) atoms. The van der Waals surface area contributed by atoms with Crippen LogP contribution in [0.5, 0.6) is 0 Å². The third kappa shape index (κ3) is 3.96. The zero-order valence-corrected chi connectivity index (χ0v) is 13.2. The maximum absolute atomic E-state index is 12.0. The summed E-state index contributed by atoms with van der Waals surface area (Å²) in [5.41, 5.74) is 1.23. The number of anilines is 1. The van der Waals surface area contributed by atoms with E-state index in [1.54, 1.807) is 0 Å². The fourth-order valence-corrected chi connectivity index (χ4v) is 2.75. The topological polar surface area (TPSA) is 23.6 Å². The van der Waals surface area contributed by atoms with Crippen molar-refractivity contribution >= 4 is 27.5 Å². The fourth-order valence-electron chi connectivity index (χ4n) is 2.37. The lowest BCUT2D eigenvalue weighted by Gasteiger charge is -2.36. The Labute approximate surface area is 123 Å². The SMILES string of the molecule is CC(C)CC(=O)N1CCN(c2cccc(Br)c2)CC1. The number of halogens is 1. The molecule has 0 atom stereocenters. The number of nitrogens with zero attached hydrogens (tertiary/aromatic N) is 2. The summed E-state index contributed by atoms with van der Waals surface area (Å²) < 4.78 is 1.10. The number of piperazine rings is 1. The van der Waals surface area contributed by atoms with Crippen LogP contribution in [0.3, 0.4) is 0 Å². The first-order chi connectivity index (χ1) is 9.06. The van der Waals surface area contributed by atoms with Crippen LogP contribution in [0.4, 0.5) is 5.69 Å². The van der Waals surface area contributed by atoms with Gasteiger partial charge in [0, 0.05) is 42.8 Å². The van der Waals surface area contributed by atoms with E-state index in [9.17, 15) is 4.79 Å². The fraction of sp³-hybridized carbons (Fsp3) is 0.533. The molecule has 1 aromatic carbocycles. The van der Waals surface area contributed by atoms with E-state index >= 15 is 0 Å². The molecular formula is C15H21BrN2O. The monoisotopic (exact) mass is 324 g/mol. The zero-order valence-electron chi connectivity index (χ0n) is 11.6. The Kier molecular flexibility index (Phi) is 4.86. The Hall–Kier alpha value is -1.03. The van der Waals surface area contributed by atoms with Crippen LogP contribution < -0.4 is 4.90 Å². The van der Waals surface area contributed by atoms with Crippen LogP contribution in [0, 0.1) is 5.92 Å². The lowest BCUT2D eigenvalue weighted by Crippen LogP contribution is -2.49. The second-order valence-corrected chi connectivity index (χ2v) is 6.36. The normalized spacial score (nSPS) is 16.0. The minimum atomic E-state index is 0.295. The lowest BCUT2D eigenvalue weighted by atomic mass is 10.1. The largest absolute Gasteiger partial charge is 0.368 e. The van der Waals surface area contributed by atoms with Crippen LogP contribution >= 0.6 is 15.9 Å². The molecule has 2 rings (SSSR count). The highest BCUT2D eigenvalue weighted by Gasteiger charge is 2.21. The summed E-state index contributed by atoms with van der Waals surface area (Å²) in [4.78, 5) is 16.3. The minimum absolute atomic E-state index is 0.295. The third-order valence-corrected chi connectivity index (χ3v) is 3.88. The van der Waals surface area contributed by atoms with Crippen molar-refractivity contribution in [1.82, 2.24) is 4.90 Å². The van der Waals surface area contributed by atoms with E-state index in [4.69, 9.17) is 0 Å². The van der Waals surface area contributed by atoms with Gasteiger partial charge in [0.1, 0.15) is 0 Å². The van der Waals surface area contributed by atoms with Gasteiger partial charge < -0.3 is 9.80 Å². The molecular weight excluding hydrogens is 304 g/mol. The van der Waals surface area contributed by atoms with Crippen molar-refractivity contribution in [3.05, 3.63) is 28.7 Å². The van der Waals surface area contributed by atoms with E-state index in [0.29, 0.717) is 18.2 Å². The molecule has 1 aliphatic heterocycles. The summed E-state index contributed by atoms with van der Waals surface area (Å²) in [6, 6.07) is 8.34. The van der Waals surface area contributed by atoms with Gasteiger partial charge in [-0.15, -0.1) is 0 Å². The first-order valence-corrected chi connectivity index (χ1v) is 7.64. The Morgan fingerprint density at radius 3 is 2.53 bits per heavy atom. The number of benzene rings is 1. The van der Waals surface area contributed by atoms with Crippen LogP contribution in [0.15, 0.2) is 28.7 Å². The average molecular weight is 325 g/mol. The van der Waals surface area contributed by atoms with Gasteiger partial charge >= 0.3 is 0 Å². The van der Waals surface area contributed by atoms with Crippen LogP contribution in [0.2, 0.25) is 0 Å². The summed E-state index contributed by atoms with van der Waals surface area (Å²) in [6.45, 7) is 7.68. The molecule has 1 fully saturated rings. The molecule has 1 aliphatic rings. The Balaban J connectivity index is 1.90. The summed E-state index contributed by atoms with van der Waals surface area (Å²) in [7, 11) is 0. The average Bonchev–Trinajstić information content (AvgIpc) is 2.38. The summed E-state index contributed by atoms with van der Waals surface area (Å²) >= 11 is 3.50. The van der Waals surface area contributed by atoms with Crippen LogP contribution in [-0.2, 0) is 4.79 Å². The molecule has 104 valence electrons. The number of carbonyl (C=O) groups is 1. The van der Waals surface area contributed by atoms with Gasteiger partial charge in [-0.3, -0.25) is 4.79 Å². The molecule has 0 saturated carbocycles. The zero-order chi connectivity index (χ0) is 13.8. The van der Waals surface area contributed by atoms with Gasteiger partial charge in [-0.1, -0.05) is 35.8 Å². The van der Waals surface area contributed by atoms with E-state index in [2.05, 4.69) is 52.9 Å². The van der Waals surface area contributed by atoms with E-state index in [0.717, 1.165) is 30.7 Å². The van der Waals surface area contributed by atoms with E-state index in [1.807, 2.05) is 11.0 Å². The maximum Gasteiger partial charge on any atom is 0.222 e. The molecule has 0 aliphatic carbocycles. The second kappa shape index (κ2) is 6.42. The molecule has 0 bridgehead atoms. The van der Waals surface area contributed by atoms with E-state index in [1.165, 1.54) is 5.69 Å². The maximum atomic E-state index is 12.0. The van der Waals surface area contributed by atoms with Crippen LogP contribution in [0.25, 0.3) is 0 Å². The Morgan fingerprint density at radius 2 is 1.95 bits per heavy atom. The smallest absolute Gasteiger partial charge is 0.222 e. The summed E-state index contributed by atoms with van der Waals surface area (Å²) in [5.74, 6) is 0.736. The van der Waals surface area contributed by atoms with Crippen molar-refractivity contribution in [3.8, 4) is 0 Å². The van der Waals surface area contributed by atoms with E-state index < -0.39 is 0 Å². The highest BCUT2D eigenvalue weighted by molar-refractivity contribution is 9.10. The van der Waals surface area contributed by atoms with Gasteiger partial charge in [0.2, 0.25) is 5.91 Å². The number of hydrogen-bond donors (Lipinski definition) is 0. The quantitative estimate of drug-likeness (QED) is 0.852. The lowest BCUT2D eigenvalue weighted by molar-refractivity contribution is -0.132. The summed E-state index contributed by atoms with van der Waals surface area (Å²) in [5, 5.41) is 0. The molecule has 1 amide bonds. The number of carbonyl (C=O) groups excluding carboxylic acids is 1. The molecule has 1 aromatic rings. The van der Waals surface area contributed by atoms with Gasteiger partial charge in [0.25, 0.3) is 0 Å². The van der Waals surface area contributed by atoms with E-state index in [-0.39, 0.29) is 0 Å². The van der Waals surface area contributed by atoms with Gasteiger partial charge in [0.15, 0.2) is 0 Å². The highest BCUT2D eigenvalue weighted by atomic mass is 79.9. The first kappa shape index (κ1) is 14.4. The van der Waals surface area contributed by atoms with Crippen molar-refractivity contribution in [1.29, 1.82) is 0 Å². The number of amides is 1. The molecule has 4 heteroatoms. The summed E-state index contributed by atoms with van der Waals surface area (Å²) in [6.07, 6.45) is 0.664. The van der Waals surface area contributed by atoms with Crippen LogP contribution in [0.1, 0.15) is 20.3 Å². The van der Waals surface area contributed by atoms with Gasteiger partial charge in [-0.05, 0) is 24.1 Å². The predicted octanol–water partition coefficient (Wildman–Crippen LogP) is 3.14. The molecule has 0 spiro atoms. The van der Waals surface area contributed by atoms with Crippen molar-refractivity contribution in [3.63, 3.8) is 0 Å². The van der Waals surface area contributed by atoms with Crippen molar-refractivity contribution in [2.75, 3.05) is 31.1 Å². The molecule has 0 unspecified atom stereocenters. The standard InChI is InChI=1S/C15H21BrN2O/c1-12(2)10-15(19)18-8-6-17(7-9-18)14-5-3-4-13(16)11-14/h3-5,11-12H,6-10H2,1-2H3. The Morgan fingerprint density at radius 1 is 1.26 bits per heavy atom. The second-order valence-electron chi connectivity index (χ2n) is 5.45. The molecule has 3 nitrogen and oxygen atoms in total. The molecule has 0 radical (unpaired) electrons. The minimum Gasteiger partial charge on any atom is -0.368 e. The number of rotatable bonds is 3. The Bertz CT molecular complexity index is 440. The number of hydrogen-bond acceptors (Lipinski definition) is 2. The predicted molar refractivity (Wildman–Crippen MR) is 82.4 cm³/mol. The highest BCUT2D eigenvalue weighted by Crippen LogP contribution is 2.21. The van der Waals surface area contributed by atoms with Crippen molar-refractivity contribution in [2.24, 2.45) is 5.92 Å². The molecule has 0 aromatic heterocycles. The van der Waals surface area contributed by atoms with Crippen molar-refractivity contribution < 1.29 is 4.79 Å². The van der Waals surface area contributed by atoms with Gasteiger partial charge in [0.05, 0.1) is 0 Å². The van der Waals surface area contributed by atoms with Crippen molar-refractivity contribution in [2.45, 2.75) is 20.3 Å². The van der Waals surface area contributed by atoms with Gasteiger partial charge in [-0.25, -0.2) is 0 Å². The molecule has 1 heterocycles.